The maximum atomic E-state index is 15.7. The molecule has 0 bridgehead atoms. The van der Waals surface area contributed by atoms with Crippen LogP contribution in [-0.2, 0) is 38.5 Å². The molecular weight excluding hydrogens is 839 g/mol. The molecule has 0 radical (unpaired) electrons. The number of halogens is 2. The molecule has 0 saturated carbocycles. The van der Waals surface area contributed by atoms with E-state index in [1.54, 1.807) is 24.3 Å². The number of hydrogen-bond acceptors (Lipinski definition) is 7. The van der Waals surface area contributed by atoms with Crippen molar-refractivity contribution in [3.05, 3.63) is 203 Å². The molecule has 7 rings (SSSR count). The Morgan fingerprint density at radius 3 is 1.92 bits per heavy atom. The Bertz CT molecular complexity index is 2470. The van der Waals surface area contributed by atoms with Gasteiger partial charge in [-0.3, -0.25) is 4.79 Å². The van der Waals surface area contributed by atoms with Gasteiger partial charge in [-0.2, -0.15) is 0 Å². The van der Waals surface area contributed by atoms with Crippen molar-refractivity contribution in [1.82, 2.24) is 4.90 Å². The molecule has 8 nitrogen and oxygen atoms in total. The summed E-state index contributed by atoms with van der Waals surface area (Å²) >= 11 is 0. The van der Waals surface area contributed by atoms with Crippen molar-refractivity contribution >= 4 is 26.0 Å². The van der Waals surface area contributed by atoms with Gasteiger partial charge in [0.1, 0.15) is 36.6 Å². The second-order valence-electron chi connectivity index (χ2n) is 18.1. The quantitative estimate of drug-likeness (QED) is 0.0811. The van der Waals surface area contributed by atoms with Gasteiger partial charge < -0.3 is 24.0 Å². The molecule has 1 saturated heterocycles. The Morgan fingerprint density at radius 1 is 0.738 bits per heavy atom. The number of benzene rings is 6. The minimum atomic E-state index is -2.45. The Hall–Kier alpha value is -6.14. The van der Waals surface area contributed by atoms with Gasteiger partial charge in [-0.25, -0.2) is 18.5 Å². The Kier molecular flexibility index (Phi) is 15.3. The summed E-state index contributed by atoms with van der Waals surface area (Å²) in [5.41, 5.74) is 5.56. The second-order valence-corrected chi connectivity index (χ2v) is 22.8. The predicted molar refractivity (Wildman–Crippen MR) is 252 cm³/mol. The van der Waals surface area contributed by atoms with Gasteiger partial charge in [-0.15, -0.1) is 0 Å². The van der Waals surface area contributed by atoms with Crippen LogP contribution in [0.2, 0.25) is 18.1 Å². The number of nitrogens with zero attached hydrogens (tertiary/aromatic N) is 1. The van der Waals surface area contributed by atoms with E-state index in [9.17, 15) is 13.6 Å². The molecule has 1 aliphatic rings. The minimum Gasteiger partial charge on any atom is -0.489 e. The third kappa shape index (κ3) is 12.2. The van der Waals surface area contributed by atoms with Crippen molar-refractivity contribution in [3.8, 4) is 5.75 Å². The topological polar surface area (TPSA) is 86.3 Å². The van der Waals surface area contributed by atoms with Crippen LogP contribution in [0.3, 0.4) is 0 Å². The number of anilines is 1. The zero-order valence-corrected chi connectivity index (χ0v) is 38.7. The first-order valence-electron chi connectivity index (χ1n) is 22.2. The number of amides is 2. The van der Waals surface area contributed by atoms with Crippen LogP contribution in [0.4, 0.5) is 19.3 Å². The number of cyclic esters (lactones) is 1. The van der Waals surface area contributed by atoms with Gasteiger partial charge in [0.05, 0.1) is 31.3 Å². The fourth-order valence-electron chi connectivity index (χ4n) is 7.80. The lowest BCUT2D eigenvalue weighted by Crippen LogP contribution is -2.43. The van der Waals surface area contributed by atoms with Crippen molar-refractivity contribution in [2.45, 2.75) is 89.8 Å². The zero-order chi connectivity index (χ0) is 46.0. The molecule has 1 aliphatic heterocycles. The minimum absolute atomic E-state index is 0.00678. The van der Waals surface area contributed by atoms with Gasteiger partial charge in [0.2, 0.25) is 5.91 Å². The highest BCUT2D eigenvalue weighted by atomic mass is 28.4. The molecule has 2 amide bonds. The van der Waals surface area contributed by atoms with E-state index in [1.165, 1.54) is 29.2 Å². The first kappa shape index (κ1) is 46.8. The van der Waals surface area contributed by atoms with Crippen LogP contribution >= 0.6 is 0 Å². The Labute approximate surface area is 382 Å². The van der Waals surface area contributed by atoms with E-state index in [0.29, 0.717) is 30.0 Å². The molecule has 0 unspecified atom stereocenters. The fraction of sp³-hybridized carbons (Fsp3) is 0.296. The third-order valence-corrected chi connectivity index (χ3v) is 16.9. The third-order valence-electron chi connectivity index (χ3n) is 12.4. The largest absolute Gasteiger partial charge is 0.489 e. The number of nitrogens with one attached hydrogen (secondary N) is 1. The number of rotatable bonds is 19. The molecule has 4 atom stereocenters. The zero-order valence-electron chi connectivity index (χ0n) is 37.7. The molecule has 0 spiro atoms. The molecule has 1 N–H and O–H groups in total. The average molecular weight is 897 g/mol. The van der Waals surface area contributed by atoms with E-state index < -0.39 is 50.2 Å². The van der Waals surface area contributed by atoms with E-state index >= 15 is 4.79 Å². The normalized spacial score (nSPS) is 15.5. The molecule has 338 valence electrons. The summed E-state index contributed by atoms with van der Waals surface area (Å²) in [6, 6.07) is 45.7. The number of ether oxygens (including phenoxy) is 3. The molecule has 1 heterocycles. The van der Waals surface area contributed by atoms with Crippen LogP contribution in [0, 0.1) is 17.6 Å². The highest BCUT2D eigenvalue weighted by molar-refractivity contribution is 6.74. The summed E-state index contributed by atoms with van der Waals surface area (Å²) in [6.07, 6.45) is -0.722. The molecule has 0 aromatic heterocycles. The van der Waals surface area contributed by atoms with Gasteiger partial charge in [0.15, 0.2) is 8.32 Å². The number of carbonyl (C=O) groups is 2. The Morgan fingerprint density at radius 2 is 1.31 bits per heavy atom. The van der Waals surface area contributed by atoms with E-state index in [-0.39, 0.29) is 37.1 Å². The number of hydrogen-bond donors (Lipinski definition) is 1. The van der Waals surface area contributed by atoms with Crippen LogP contribution < -0.4 is 10.1 Å². The molecular formula is C54H58F2N2O6Si. The summed E-state index contributed by atoms with van der Waals surface area (Å²) in [6.45, 7) is 11.7. The van der Waals surface area contributed by atoms with Crippen molar-refractivity contribution in [3.63, 3.8) is 0 Å². The molecule has 0 aliphatic carbocycles. The highest BCUT2D eigenvalue weighted by Gasteiger charge is 2.46. The fourth-order valence-corrected chi connectivity index (χ4v) is 9.12. The molecule has 65 heavy (non-hydrogen) atoms. The SMILES string of the molecule is CC(C)(C)[Si](C)(C)O[C@@H](CC[C@@H](C(=O)N1C(=O)OC[C@@H]1c1ccccc1)[C@H](Nc1ccc(F)cc1)c1ccc(COCc2ccccc2)cc1OCc1ccccc1)c1ccc(F)cc1. The standard InChI is InChI=1S/C54H58F2N2O6Si/c1-54(2,3)65(4,5)64-49(42-22-24-43(55)25-23-42)32-31-47(52(59)58-48(37-63-53(58)60)41-19-13-8-14-20-41)51(57-45-28-26-44(56)27-29-45)46-30-21-40(35-61-34-38-15-9-6-10-16-38)33-50(46)62-36-39-17-11-7-12-18-39/h6-30,33,47-49,51,57H,31-32,34-37H2,1-5H3/t47-,48-,49+,51-/m1/s1. The van der Waals surface area contributed by atoms with Crippen molar-refractivity contribution in [2.24, 2.45) is 5.92 Å². The van der Waals surface area contributed by atoms with E-state index in [4.69, 9.17) is 18.6 Å². The summed E-state index contributed by atoms with van der Waals surface area (Å²) in [7, 11) is -2.45. The van der Waals surface area contributed by atoms with Crippen molar-refractivity contribution in [2.75, 3.05) is 11.9 Å². The lowest BCUT2D eigenvalue weighted by atomic mass is 9.85. The summed E-state index contributed by atoms with van der Waals surface area (Å²) in [5.74, 6) is -1.70. The second kappa shape index (κ2) is 21.2. The molecule has 6 aromatic carbocycles. The first-order chi connectivity index (χ1) is 31.3. The van der Waals surface area contributed by atoms with Crippen LogP contribution in [0.5, 0.6) is 5.75 Å². The van der Waals surface area contributed by atoms with E-state index in [1.807, 2.05) is 109 Å². The first-order valence-corrected chi connectivity index (χ1v) is 25.1. The predicted octanol–water partition coefficient (Wildman–Crippen LogP) is 13.3. The van der Waals surface area contributed by atoms with Crippen molar-refractivity contribution in [1.29, 1.82) is 0 Å². The van der Waals surface area contributed by atoms with Gasteiger partial charge in [0, 0.05) is 11.3 Å². The average Bonchev–Trinajstić information content (AvgIpc) is 3.70. The van der Waals surface area contributed by atoms with Gasteiger partial charge in [0.25, 0.3) is 0 Å². The van der Waals surface area contributed by atoms with Gasteiger partial charge >= 0.3 is 6.09 Å². The molecule has 6 aromatic rings. The van der Waals surface area contributed by atoms with Gasteiger partial charge in [-0.05, 0) is 101 Å². The number of imide groups is 1. The lowest BCUT2D eigenvalue weighted by Gasteiger charge is -2.40. The van der Waals surface area contributed by atoms with Crippen LogP contribution in [0.1, 0.15) is 85.2 Å². The van der Waals surface area contributed by atoms with E-state index in [0.717, 1.165) is 27.8 Å². The maximum Gasteiger partial charge on any atom is 0.417 e. The highest BCUT2D eigenvalue weighted by Crippen LogP contribution is 2.44. The van der Waals surface area contributed by atoms with Crippen LogP contribution in [0.15, 0.2) is 158 Å². The molecule has 11 heteroatoms. The van der Waals surface area contributed by atoms with Crippen LogP contribution in [-0.4, -0.2) is 31.8 Å². The summed E-state index contributed by atoms with van der Waals surface area (Å²) in [5, 5.41) is 3.44. The van der Waals surface area contributed by atoms with Crippen LogP contribution in [0.25, 0.3) is 0 Å². The summed E-state index contributed by atoms with van der Waals surface area (Å²) < 4.78 is 54.5. The lowest BCUT2D eigenvalue weighted by molar-refractivity contribution is -0.134. The smallest absolute Gasteiger partial charge is 0.417 e. The maximum absolute atomic E-state index is 15.7. The van der Waals surface area contributed by atoms with Crippen molar-refractivity contribution < 1.29 is 37.0 Å². The molecule has 1 fully saturated rings. The monoisotopic (exact) mass is 896 g/mol. The summed E-state index contributed by atoms with van der Waals surface area (Å²) in [4.78, 5) is 30.7. The van der Waals surface area contributed by atoms with Gasteiger partial charge in [-0.1, -0.05) is 136 Å². The van der Waals surface area contributed by atoms with E-state index in [2.05, 4.69) is 39.2 Å². The number of carbonyl (C=O) groups excluding carboxylic acids is 2. The Balaban J connectivity index is 1.34.